The van der Waals surface area contributed by atoms with E-state index < -0.39 is 15.4 Å². The molecular formula is C98H197Cl2NO48S. The van der Waals surface area contributed by atoms with Crippen molar-refractivity contribution in [3.05, 3.63) is 0 Å². The first-order valence-electron chi connectivity index (χ1n) is 53.0. The molecule has 0 bridgehead atoms. The molecule has 902 valence electrons. The highest BCUT2D eigenvalue weighted by Crippen LogP contribution is 2.24. The standard InChI is InChI=1S/C98H197Cl2NO48S/c1-98(2,101(99)100)4-96-150(102,103)97-95-149-94-93-148-92-91-147-90-89-146-88-87-145-86-85-144-84-83-143-82-81-142-80-79-141-78-77-140-76-75-139-74-73-138-72-71-137-70-69-136-68-67-135-66-65-134-64-63-133-62-61-132-60-59-131-58-57-130-56-55-129-54-53-128-52-51-127-50-49-126-48-47-125-46-45-124-44-43-123-42-41-122-40-39-121-38-37-120-36-35-119-34-33-118-32-31-117-30-29-116-28-27-115-26-25-114-24-23-113-22-21-112-20-19-111-18-17-110-16-15-109-14-13-108-12-11-107-10-9-106-8-7-105-6-5-104-3/h4-97H2,1-3H3. The molecule has 0 N–H and O–H groups in total. The zero-order chi connectivity index (χ0) is 108. The number of methoxy groups -OCH3 is 1. The molecule has 0 fully saturated rings. The van der Waals surface area contributed by atoms with Crippen LogP contribution >= 0.6 is 23.6 Å². The van der Waals surface area contributed by atoms with Gasteiger partial charge in [-0.15, -0.1) is 3.94 Å². The zero-order valence-electron chi connectivity index (χ0n) is 91.2. The Labute approximate surface area is 905 Å². The number of ether oxygens (including phenoxy) is 46. The van der Waals surface area contributed by atoms with Gasteiger partial charge >= 0.3 is 0 Å². The molecule has 0 aliphatic rings. The number of halogens is 2. The van der Waals surface area contributed by atoms with E-state index >= 15 is 0 Å². The van der Waals surface area contributed by atoms with Crippen LogP contribution in [0.2, 0.25) is 0 Å². The molecule has 0 saturated heterocycles. The van der Waals surface area contributed by atoms with E-state index in [2.05, 4.69) is 0 Å². The smallest absolute Gasteiger partial charge is 0.152 e. The van der Waals surface area contributed by atoms with Crippen molar-refractivity contribution in [3.8, 4) is 0 Å². The molecule has 0 rings (SSSR count). The van der Waals surface area contributed by atoms with E-state index in [1.165, 1.54) is 0 Å². The molecule has 0 saturated carbocycles. The minimum absolute atomic E-state index is 0.0274. The third-order valence-corrected chi connectivity index (χ3v) is 21.4. The fraction of sp³-hybridized carbons (Fsp3) is 1.00. The number of hydrogen-bond acceptors (Lipinski definition) is 49. The van der Waals surface area contributed by atoms with E-state index in [1.807, 2.05) is 0 Å². The zero-order valence-corrected chi connectivity index (χ0v) is 93.5. The Kier molecular flexibility index (Phi) is 133. The van der Waals surface area contributed by atoms with Gasteiger partial charge in [-0.1, -0.05) is 0 Å². The van der Waals surface area contributed by atoms with Crippen LogP contribution in [0.15, 0.2) is 0 Å². The lowest BCUT2D eigenvalue weighted by Crippen LogP contribution is -2.34. The van der Waals surface area contributed by atoms with Crippen molar-refractivity contribution in [2.75, 3.05) is 620 Å². The molecule has 0 aliphatic heterocycles. The second-order valence-corrected chi connectivity index (χ2v) is 34.6. The summed E-state index contributed by atoms with van der Waals surface area (Å²) >= 11 is 11.5. The van der Waals surface area contributed by atoms with Crippen molar-refractivity contribution in [3.63, 3.8) is 0 Å². The highest BCUT2D eigenvalue weighted by Gasteiger charge is 2.27. The van der Waals surface area contributed by atoms with E-state index in [0.29, 0.717) is 601 Å². The van der Waals surface area contributed by atoms with Crippen molar-refractivity contribution < 1.29 is 226 Å². The molecule has 0 atom stereocenters. The summed E-state index contributed by atoms with van der Waals surface area (Å²) in [4.78, 5) is 0. The maximum Gasteiger partial charge on any atom is 0.152 e. The molecule has 0 aromatic rings. The van der Waals surface area contributed by atoms with Crippen LogP contribution in [0.25, 0.3) is 0 Å². The summed E-state index contributed by atoms with van der Waals surface area (Å²) in [6.45, 7) is 46.0. The molecule has 0 spiro atoms. The molecule has 150 heavy (non-hydrogen) atoms. The van der Waals surface area contributed by atoms with Crippen molar-refractivity contribution in [2.45, 2.75) is 25.8 Å². The number of sulfone groups is 1. The average molecular weight is 2260 g/mol. The topological polar surface area (TPSA) is 462 Å². The normalized spacial score (nSPS) is 12.1. The van der Waals surface area contributed by atoms with E-state index in [9.17, 15) is 8.42 Å². The number of nitrogens with zero attached hydrogens (tertiary/aromatic N) is 1. The summed E-state index contributed by atoms with van der Waals surface area (Å²) in [5.74, 6) is -0.103. The van der Waals surface area contributed by atoms with Gasteiger partial charge in [0, 0.05) is 12.6 Å². The molecule has 0 aromatic heterocycles. The SMILES string of the molecule is COCCOCCOCCOCCOCCOCCOCCOCCOCCOCCOCCOCCOCCOCCOCCOCCOCCOCCOCCOCCOCCOCCOCCOCCOCCOCCOCCOCCOCCOCCOCCOCCOCCOCCOCCOCCOCCOCCOCCOCCOCCOCCOCCOCCOCCOCCS(=O)(=O)CCC(C)(C)N(Cl)Cl. The summed E-state index contributed by atoms with van der Waals surface area (Å²) < 4.78 is 279. The highest BCUT2D eigenvalue weighted by atomic mass is 35.5. The minimum atomic E-state index is -3.27. The van der Waals surface area contributed by atoms with Gasteiger partial charge in [-0.2, -0.15) is 0 Å². The lowest BCUT2D eigenvalue weighted by molar-refractivity contribution is -0.0329. The summed E-state index contributed by atoms with van der Waals surface area (Å²) in [6, 6.07) is 0. The van der Waals surface area contributed by atoms with Gasteiger partial charge in [0.2, 0.25) is 0 Å². The highest BCUT2D eigenvalue weighted by molar-refractivity contribution is 7.91. The number of rotatable bonds is 142. The Morgan fingerprint density at radius 2 is 0.207 bits per heavy atom. The molecule has 0 unspecified atom stereocenters. The Bertz CT molecular complexity index is 2340. The Hall–Kier alpha value is -1.35. The van der Waals surface area contributed by atoms with E-state index in [-0.39, 0.29) is 18.1 Å². The van der Waals surface area contributed by atoms with Crippen molar-refractivity contribution >= 4 is 33.4 Å². The predicted octanol–water partition coefficient (Wildman–Crippen LogP) is 2.57. The number of hydrogen-bond donors (Lipinski definition) is 0. The summed E-state index contributed by atoms with van der Waals surface area (Å²) in [7, 11) is -1.63. The summed E-state index contributed by atoms with van der Waals surface area (Å²) in [5, 5.41) is 0. The Morgan fingerprint density at radius 1 is 0.133 bits per heavy atom. The van der Waals surface area contributed by atoms with Crippen molar-refractivity contribution in [2.24, 2.45) is 0 Å². The lowest BCUT2D eigenvalue weighted by atomic mass is 10.0. The lowest BCUT2D eigenvalue weighted by Gasteiger charge is -2.27. The van der Waals surface area contributed by atoms with Gasteiger partial charge in [-0.3, -0.25) is 0 Å². The van der Waals surface area contributed by atoms with E-state index in [0.717, 1.165) is 3.94 Å². The molecule has 0 heterocycles. The van der Waals surface area contributed by atoms with Crippen LogP contribution in [0.5, 0.6) is 0 Å². The molecule has 0 aromatic carbocycles. The van der Waals surface area contributed by atoms with Gasteiger partial charge in [-0.25, -0.2) is 8.42 Å². The molecule has 0 radical (unpaired) electrons. The van der Waals surface area contributed by atoms with Gasteiger partial charge in [-0.05, 0) is 43.8 Å². The van der Waals surface area contributed by atoms with E-state index in [1.54, 1.807) is 21.0 Å². The monoisotopic (exact) mass is 2260 g/mol. The minimum Gasteiger partial charge on any atom is -0.382 e. The van der Waals surface area contributed by atoms with Crippen molar-refractivity contribution in [1.29, 1.82) is 0 Å². The second-order valence-electron chi connectivity index (χ2n) is 31.5. The maximum atomic E-state index is 12.2. The van der Waals surface area contributed by atoms with Gasteiger partial charge in [0.25, 0.3) is 0 Å². The van der Waals surface area contributed by atoms with E-state index in [4.69, 9.17) is 241 Å². The molecule has 49 nitrogen and oxygen atoms in total. The van der Waals surface area contributed by atoms with Crippen LogP contribution in [0.1, 0.15) is 20.3 Å². The van der Waals surface area contributed by atoms with Crippen LogP contribution in [-0.2, 0) is 228 Å². The quantitative estimate of drug-likeness (QED) is 0.0623. The first kappa shape index (κ1) is 149. The molecular weight excluding hydrogens is 2060 g/mol. The first-order valence-corrected chi connectivity index (χ1v) is 55.5. The maximum absolute atomic E-state index is 12.2. The van der Waals surface area contributed by atoms with Crippen LogP contribution < -0.4 is 0 Å². The van der Waals surface area contributed by atoms with Crippen molar-refractivity contribution in [1.82, 2.24) is 3.94 Å². The van der Waals surface area contributed by atoms with Gasteiger partial charge < -0.3 is 218 Å². The van der Waals surface area contributed by atoms with Gasteiger partial charge in [0.05, 0.1) is 613 Å². The fourth-order valence-electron chi connectivity index (χ4n) is 10.7. The third kappa shape index (κ3) is 135. The van der Waals surface area contributed by atoms with Crippen LogP contribution in [0, 0.1) is 0 Å². The average Bonchev–Trinajstić information content (AvgIpc) is 0.875. The molecule has 0 amide bonds. The fourth-order valence-corrected chi connectivity index (χ4v) is 12.3. The predicted molar refractivity (Wildman–Crippen MR) is 550 cm³/mol. The van der Waals surface area contributed by atoms with Gasteiger partial charge in [0.1, 0.15) is 0 Å². The Morgan fingerprint density at radius 3 is 0.280 bits per heavy atom. The summed E-state index contributed by atoms with van der Waals surface area (Å²) in [6.07, 6.45) is 0.308. The summed E-state index contributed by atoms with van der Waals surface area (Å²) in [5.41, 5.74) is -0.645. The first-order chi connectivity index (χ1) is 74.2. The largest absolute Gasteiger partial charge is 0.382 e. The molecule has 0 aliphatic carbocycles. The van der Waals surface area contributed by atoms with Crippen LogP contribution in [-0.4, -0.2) is 638 Å². The second kappa shape index (κ2) is 135. The Balaban J connectivity index is 3.12. The molecule has 52 heteroatoms. The van der Waals surface area contributed by atoms with Crippen LogP contribution in [0.4, 0.5) is 0 Å². The third-order valence-electron chi connectivity index (χ3n) is 18.8. The van der Waals surface area contributed by atoms with Crippen LogP contribution in [0.3, 0.4) is 0 Å². The van der Waals surface area contributed by atoms with Gasteiger partial charge in [0.15, 0.2) is 9.84 Å².